The molecule has 0 aromatic heterocycles. The van der Waals surface area contributed by atoms with E-state index in [0.717, 1.165) is 12.0 Å². The van der Waals surface area contributed by atoms with Gasteiger partial charge in [-0.25, -0.2) is 0 Å². The minimum atomic E-state index is -0.334. The quantitative estimate of drug-likeness (QED) is 0.858. The summed E-state index contributed by atoms with van der Waals surface area (Å²) in [5.41, 5.74) is 6.47. The Hall–Kier alpha value is -0.730. The number of aryl methyl sites for hydroxylation is 1. The van der Waals surface area contributed by atoms with Crippen LogP contribution in [0.4, 0.5) is 0 Å². The highest BCUT2D eigenvalue weighted by Gasteiger charge is 2.22. The van der Waals surface area contributed by atoms with Crippen molar-refractivity contribution in [2.75, 3.05) is 6.54 Å². The third-order valence-electron chi connectivity index (χ3n) is 2.62. The van der Waals surface area contributed by atoms with E-state index in [1.54, 1.807) is 0 Å². The molecule has 1 aromatic carbocycles. The van der Waals surface area contributed by atoms with Gasteiger partial charge >= 0.3 is 0 Å². The van der Waals surface area contributed by atoms with Gasteiger partial charge in [-0.05, 0) is 38.0 Å². The summed E-state index contributed by atoms with van der Waals surface area (Å²) in [4.78, 5) is 0. The number of hydrogen-bond acceptors (Lipinski definition) is 2. The highest BCUT2D eigenvalue weighted by molar-refractivity contribution is 6.32. The van der Waals surface area contributed by atoms with Gasteiger partial charge in [0, 0.05) is 6.54 Å². The van der Waals surface area contributed by atoms with Crippen molar-refractivity contribution in [3.63, 3.8) is 0 Å². The molecule has 1 aromatic rings. The Kier molecular flexibility index (Phi) is 4.00. The van der Waals surface area contributed by atoms with E-state index >= 15 is 0 Å². The standard InChI is InChI=1S/C12H18ClNO/c1-4-12(3,8-14)15-11-6-5-9(2)7-10(11)13/h5-7H,4,8,14H2,1-3H3. The van der Waals surface area contributed by atoms with Gasteiger partial charge in [0.25, 0.3) is 0 Å². The molecule has 0 saturated heterocycles. The fourth-order valence-electron chi connectivity index (χ4n) is 1.21. The first-order valence-electron chi connectivity index (χ1n) is 5.16. The number of ether oxygens (including phenoxy) is 1. The van der Waals surface area contributed by atoms with Crippen LogP contribution in [0.3, 0.4) is 0 Å². The average Bonchev–Trinajstić information content (AvgIpc) is 2.22. The molecule has 0 aliphatic carbocycles. The van der Waals surface area contributed by atoms with Crippen LogP contribution in [-0.4, -0.2) is 12.1 Å². The highest BCUT2D eigenvalue weighted by Crippen LogP contribution is 2.29. The molecule has 3 heteroatoms. The van der Waals surface area contributed by atoms with Crippen molar-refractivity contribution >= 4 is 11.6 Å². The topological polar surface area (TPSA) is 35.2 Å². The molecule has 1 unspecified atom stereocenters. The first-order chi connectivity index (χ1) is 7.00. The van der Waals surface area contributed by atoms with Crippen molar-refractivity contribution in [3.05, 3.63) is 28.8 Å². The molecule has 0 saturated carbocycles. The predicted molar refractivity (Wildman–Crippen MR) is 64.6 cm³/mol. The molecule has 0 bridgehead atoms. The number of benzene rings is 1. The summed E-state index contributed by atoms with van der Waals surface area (Å²) in [6, 6.07) is 5.76. The van der Waals surface area contributed by atoms with Crippen molar-refractivity contribution in [1.29, 1.82) is 0 Å². The predicted octanol–water partition coefficient (Wildman–Crippen LogP) is 3.15. The average molecular weight is 228 g/mol. The van der Waals surface area contributed by atoms with E-state index in [4.69, 9.17) is 22.1 Å². The van der Waals surface area contributed by atoms with Crippen molar-refractivity contribution in [1.82, 2.24) is 0 Å². The van der Waals surface area contributed by atoms with Crippen molar-refractivity contribution < 1.29 is 4.74 Å². The Morgan fingerprint density at radius 3 is 2.60 bits per heavy atom. The van der Waals surface area contributed by atoms with Gasteiger partial charge in [0.2, 0.25) is 0 Å². The molecule has 0 aliphatic rings. The Morgan fingerprint density at radius 1 is 1.47 bits per heavy atom. The van der Waals surface area contributed by atoms with Gasteiger partial charge in [-0.3, -0.25) is 0 Å². The molecule has 1 atom stereocenters. The van der Waals surface area contributed by atoms with E-state index in [1.807, 2.05) is 32.0 Å². The van der Waals surface area contributed by atoms with Crippen LogP contribution >= 0.6 is 11.6 Å². The normalized spacial score (nSPS) is 14.7. The summed E-state index contributed by atoms with van der Waals surface area (Å²) >= 11 is 6.08. The lowest BCUT2D eigenvalue weighted by atomic mass is 10.0. The van der Waals surface area contributed by atoms with Gasteiger partial charge in [0.05, 0.1) is 5.02 Å². The molecule has 0 fully saturated rings. The third kappa shape index (κ3) is 3.11. The van der Waals surface area contributed by atoms with Crippen LogP contribution in [0, 0.1) is 6.92 Å². The number of halogens is 1. The lowest BCUT2D eigenvalue weighted by Gasteiger charge is -2.28. The van der Waals surface area contributed by atoms with Crippen molar-refractivity contribution in [2.45, 2.75) is 32.8 Å². The summed E-state index contributed by atoms with van der Waals surface area (Å²) in [6.07, 6.45) is 0.855. The van der Waals surface area contributed by atoms with Gasteiger partial charge in [-0.15, -0.1) is 0 Å². The minimum Gasteiger partial charge on any atom is -0.485 e. The Labute approximate surface area is 96.4 Å². The first-order valence-corrected chi connectivity index (χ1v) is 5.54. The largest absolute Gasteiger partial charge is 0.485 e. The molecular weight excluding hydrogens is 210 g/mol. The van der Waals surface area contributed by atoms with Gasteiger partial charge in [0.15, 0.2) is 0 Å². The summed E-state index contributed by atoms with van der Waals surface area (Å²) < 4.78 is 5.83. The number of nitrogens with two attached hydrogens (primary N) is 1. The highest BCUT2D eigenvalue weighted by atomic mass is 35.5. The SMILES string of the molecule is CCC(C)(CN)Oc1ccc(C)cc1Cl. The van der Waals surface area contributed by atoms with E-state index in [9.17, 15) is 0 Å². The monoisotopic (exact) mass is 227 g/mol. The van der Waals surface area contributed by atoms with Gasteiger partial charge < -0.3 is 10.5 Å². The smallest absolute Gasteiger partial charge is 0.138 e. The maximum absolute atomic E-state index is 6.08. The summed E-state index contributed by atoms with van der Waals surface area (Å²) in [7, 11) is 0. The number of hydrogen-bond donors (Lipinski definition) is 1. The zero-order valence-electron chi connectivity index (χ0n) is 9.51. The third-order valence-corrected chi connectivity index (χ3v) is 2.92. The zero-order valence-corrected chi connectivity index (χ0v) is 10.3. The van der Waals surface area contributed by atoms with Crippen LogP contribution in [0.2, 0.25) is 5.02 Å². The molecule has 0 radical (unpaired) electrons. The van der Waals surface area contributed by atoms with Crippen LogP contribution in [0.5, 0.6) is 5.75 Å². The summed E-state index contributed by atoms with van der Waals surface area (Å²) in [5, 5.41) is 0.642. The molecule has 15 heavy (non-hydrogen) atoms. The van der Waals surface area contributed by atoms with Gasteiger partial charge in [-0.1, -0.05) is 24.6 Å². The molecular formula is C12H18ClNO. The Morgan fingerprint density at radius 2 is 2.13 bits per heavy atom. The Bertz CT molecular complexity index is 334. The lowest BCUT2D eigenvalue weighted by Crippen LogP contribution is -2.39. The molecule has 0 amide bonds. The second kappa shape index (κ2) is 4.86. The van der Waals surface area contributed by atoms with Crippen molar-refractivity contribution in [2.24, 2.45) is 5.73 Å². The fraction of sp³-hybridized carbons (Fsp3) is 0.500. The van der Waals surface area contributed by atoms with Crippen LogP contribution < -0.4 is 10.5 Å². The zero-order chi connectivity index (χ0) is 11.5. The van der Waals surface area contributed by atoms with E-state index in [-0.39, 0.29) is 5.60 Å². The maximum Gasteiger partial charge on any atom is 0.138 e. The molecule has 0 aliphatic heterocycles. The van der Waals surface area contributed by atoms with E-state index in [0.29, 0.717) is 17.3 Å². The van der Waals surface area contributed by atoms with Gasteiger partial charge in [0.1, 0.15) is 11.4 Å². The maximum atomic E-state index is 6.08. The fourth-order valence-corrected chi connectivity index (χ4v) is 1.49. The van der Waals surface area contributed by atoms with Crippen molar-refractivity contribution in [3.8, 4) is 5.75 Å². The van der Waals surface area contributed by atoms with Crippen LogP contribution in [0.1, 0.15) is 25.8 Å². The molecule has 2 nitrogen and oxygen atoms in total. The van der Waals surface area contributed by atoms with Crippen LogP contribution in [0.25, 0.3) is 0 Å². The minimum absolute atomic E-state index is 0.334. The molecule has 0 spiro atoms. The second-order valence-corrected chi connectivity index (χ2v) is 4.45. The second-order valence-electron chi connectivity index (χ2n) is 4.04. The molecule has 0 heterocycles. The number of rotatable bonds is 4. The lowest BCUT2D eigenvalue weighted by molar-refractivity contribution is 0.0936. The summed E-state index contributed by atoms with van der Waals surface area (Å²) in [5.74, 6) is 0.706. The Balaban J connectivity index is 2.89. The molecule has 1 rings (SSSR count). The summed E-state index contributed by atoms with van der Waals surface area (Å²) in [6.45, 7) is 6.52. The molecule has 84 valence electrons. The first kappa shape index (κ1) is 12.3. The van der Waals surface area contributed by atoms with E-state index in [1.165, 1.54) is 0 Å². The van der Waals surface area contributed by atoms with Gasteiger partial charge in [-0.2, -0.15) is 0 Å². The molecule has 2 N–H and O–H groups in total. The van der Waals surface area contributed by atoms with E-state index < -0.39 is 0 Å². The van der Waals surface area contributed by atoms with Crippen LogP contribution in [0.15, 0.2) is 18.2 Å². The van der Waals surface area contributed by atoms with E-state index in [2.05, 4.69) is 6.92 Å². The van der Waals surface area contributed by atoms with Crippen LogP contribution in [-0.2, 0) is 0 Å².